The Kier molecular flexibility index (Phi) is 4.26. The van der Waals surface area contributed by atoms with Crippen LogP contribution in [0.2, 0.25) is 0 Å². The highest BCUT2D eigenvalue weighted by atomic mass is 32.2. The van der Waals surface area contributed by atoms with Crippen molar-refractivity contribution in [3.8, 4) is 11.5 Å². The fourth-order valence-electron chi connectivity index (χ4n) is 2.19. The molecule has 2 aromatic carbocycles. The van der Waals surface area contributed by atoms with Gasteiger partial charge in [-0.1, -0.05) is 0 Å². The molecule has 24 heavy (non-hydrogen) atoms. The first-order chi connectivity index (χ1) is 11.5. The quantitative estimate of drug-likeness (QED) is 0.671. The lowest BCUT2D eigenvalue weighted by molar-refractivity contribution is -0.384. The van der Waals surface area contributed by atoms with Gasteiger partial charge in [0.25, 0.3) is 15.7 Å². The average molecular weight is 350 g/mol. The van der Waals surface area contributed by atoms with E-state index in [1.165, 1.54) is 12.1 Å². The van der Waals surface area contributed by atoms with Gasteiger partial charge in [-0.15, -0.1) is 0 Å². The van der Waals surface area contributed by atoms with Crippen molar-refractivity contribution in [1.29, 1.82) is 0 Å². The molecule has 126 valence electrons. The third kappa shape index (κ3) is 3.40. The number of sulfonamides is 1. The summed E-state index contributed by atoms with van der Waals surface area (Å²) in [6.07, 6.45) is 0.749. The molecule has 3 rings (SSSR count). The lowest BCUT2D eigenvalue weighted by atomic mass is 10.3. The van der Waals surface area contributed by atoms with Crippen molar-refractivity contribution < 1.29 is 22.8 Å². The summed E-state index contributed by atoms with van der Waals surface area (Å²) in [6.45, 7) is 1.03. The van der Waals surface area contributed by atoms with Gasteiger partial charge in [-0.3, -0.25) is 14.8 Å². The predicted octanol–water partition coefficient (Wildman–Crippen LogP) is 2.56. The summed E-state index contributed by atoms with van der Waals surface area (Å²) in [6, 6.07) is 9.40. The Hall–Kier alpha value is -2.81. The monoisotopic (exact) mass is 350 g/mol. The largest absolute Gasteiger partial charge is 0.490 e. The first kappa shape index (κ1) is 16.1. The second-order valence-electron chi connectivity index (χ2n) is 5.07. The minimum Gasteiger partial charge on any atom is -0.490 e. The number of nitrogens with zero attached hydrogens (tertiary/aromatic N) is 1. The molecule has 1 aliphatic heterocycles. The van der Waals surface area contributed by atoms with Gasteiger partial charge >= 0.3 is 0 Å². The summed E-state index contributed by atoms with van der Waals surface area (Å²) in [7, 11) is -3.86. The van der Waals surface area contributed by atoms with Crippen molar-refractivity contribution in [3.05, 3.63) is 52.6 Å². The molecule has 0 saturated carbocycles. The summed E-state index contributed by atoms with van der Waals surface area (Å²) < 4.78 is 38.2. The third-order valence-electron chi connectivity index (χ3n) is 3.36. The number of ether oxygens (including phenoxy) is 2. The summed E-state index contributed by atoms with van der Waals surface area (Å²) in [4.78, 5) is 9.97. The number of anilines is 1. The van der Waals surface area contributed by atoms with E-state index in [-0.39, 0.29) is 10.6 Å². The highest BCUT2D eigenvalue weighted by molar-refractivity contribution is 7.92. The maximum absolute atomic E-state index is 12.4. The van der Waals surface area contributed by atoms with Crippen LogP contribution in [0.3, 0.4) is 0 Å². The zero-order valence-electron chi connectivity index (χ0n) is 12.5. The zero-order valence-corrected chi connectivity index (χ0v) is 13.3. The number of nitro groups is 1. The first-order valence-electron chi connectivity index (χ1n) is 7.13. The molecule has 2 aromatic rings. The van der Waals surface area contributed by atoms with Crippen molar-refractivity contribution in [2.24, 2.45) is 0 Å². The molecule has 0 fully saturated rings. The van der Waals surface area contributed by atoms with E-state index in [0.29, 0.717) is 30.4 Å². The molecule has 0 aliphatic carbocycles. The van der Waals surface area contributed by atoms with Crippen LogP contribution in [0, 0.1) is 10.1 Å². The van der Waals surface area contributed by atoms with E-state index in [2.05, 4.69) is 4.72 Å². The van der Waals surface area contributed by atoms with Crippen LogP contribution in [0.1, 0.15) is 6.42 Å². The van der Waals surface area contributed by atoms with Crippen LogP contribution in [0.5, 0.6) is 11.5 Å². The van der Waals surface area contributed by atoms with Gasteiger partial charge in [0.05, 0.1) is 28.7 Å². The molecule has 1 aliphatic rings. The minimum absolute atomic E-state index is 0.0692. The molecule has 0 bridgehead atoms. The van der Waals surface area contributed by atoms with Crippen LogP contribution in [-0.4, -0.2) is 26.6 Å². The molecule has 9 heteroatoms. The average Bonchev–Trinajstić information content (AvgIpc) is 2.79. The smallest absolute Gasteiger partial charge is 0.269 e. The normalized spacial score (nSPS) is 13.8. The number of fused-ring (bicyclic) bond motifs is 1. The Morgan fingerprint density at radius 3 is 2.33 bits per heavy atom. The van der Waals surface area contributed by atoms with Crippen LogP contribution < -0.4 is 14.2 Å². The maximum Gasteiger partial charge on any atom is 0.269 e. The Morgan fingerprint density at radius 2 is 1.67 bits per heavy atom. The summed E-state index contributed by atoms with van der Waals surface area (Å²) in [5.74, 6) is 1.03. The topological polar surface area (TPSA) is 108 Å². The number of nitrogens with one attached hydrogen (secondary N) is 1. The number of rotatable bonds is 4. The Balaban J connectivity index is 1.84. The molecule has 0 radical (unpaired) electrons. The van der Waals surface area contributed by atoms with Crippen molar-refractivity contribution in [2.45, 2.75) is 11.3 Å². The third-order valence-corrected chi connectivity index (χ3v) is 4.75. The van der Waals surface area contributed by atoms with Gasteiger partial charge in [0.15, 0.2) is 11.5 Å². The summed E-state index contributed by atoms with van der Waals surface area (Å²) >= 11 is 0. The summed E-state index contributed by atoms with van der Waals surface area (Å²) in [5, 5.41) is 10.6. The van der Waals surface area contributed by atoms with Crippen molar-refractivity contribution in [3.63, 3.8) is 0 Å². The second-order valence-corrected chi connectivity index (χ2v) is 6.75. The number of benzene rings is 2. The van der Waals surface area contributed by atoms with Gasteiger partial charge in [0.2, 0.25) is 0 Å². The van der Waals surface area contributed by atoms with E-state index >= 15 is 0 Å². The predicted molar refractivity (Wildman–Crippen MR) is 86.0 cm³/mol. The lowest BCUT2D eigenvalue weighted by Gasteiger charge is -2.11. The van der Waals surface area contributed by atoms with Gasteiger partial charge in [-0.25, -0.2) is 8.42 Å². The molecule has 0 saturated heterocycles. The lowest BCUT2D eigenvalue weighted by Crippen LogP contribution is -2.13. The number of hydrogen-bond acceptors (Lipinski definition) is 6. The molecule has 0 amide bonds. The van der Waals surface area contributed by atoms with Gasteiger partial charge in [-0.05, 0) is 24.3 Å². The molecule has 1 N–H and O–H groups in total. The van der Waals surface area contributed by atoms with Gasteiger partial charge < -0.3 is 9.47 Å². The standard InChI is InChI=1S/C15H14N2O6S/c18-17(19)12-3-5-13(6-4-12)24(20,21)16-11-2-7-14-15(10-11)23-9-1-8-22-14/h2-7,10,16H,1,8-9H2. The van der Waals surface area contributed by atoms with Crippen LogP contribution in [0.15, 0.2) is 47.4 Å². The first-order valence-corrected chi connectivity index (χ1v) is 8.61. The van der Waals surface area contributed by atoms with Gasteiger partial charge in [-0.2, -0.15) is 0 Å². The van der Waals surface area contributed by atoms with E-state index in [4.69, 9.17) is 9.47 Å². The highest BCUT2D eigenvalue weighted by Gasteiger charge is 2.18. The molecule has 0 aromatic heterocycles. The van der Waals surface area contributed by atoms with Crippen molar-refractivity contribution >= 4 is 21.4 Å². The molecule has 0 spiro atoms. The van der Waals surface area contributed by atoms with Crippen LogP contribution in [-0.2, 0) is 10.0 Å². The summed E-state index contributed by atoms with van der Waals surface area (Å²) in [5.41, 5.74) is 0.141. The molecule has 0 unspecified atom stereocenters. The van der Waals surface area contributed by atoms with Crippen LogP contribution in [0.4, 0.5) is 11.4 Å². The molecule has 1 heterocycles. The number of nitro benzene ring substituents is 1. The molecule has 0 atom stereocenters. The van der Waals surface area contributed by atoms with Crippen molar-refractivity contribution in [1.82, 2.24) is 0 Å². The van der Waals surface area contributed by atoms with E-state index in [0.717, 1.165) is 18.6 Å². The van der Waals surface area contributed by atoms with E-state index in [9.17, 15) is 18.5 Å². The van der Waals surface area contributed by atoms with E-state index < -0.39 is 14.9 Å². The second kappa shape index (κ2) is 6.36. The molecular formula is C15H14N2O6S. The Bertz CT molecular complexity index is 864. The fraction of sp³-hybridized carbons (Fsp3) is 0.200. The van der Waals surface area contributed by atoms with Crippen LogP contribution >= 0.6 is 0 Å². The van der Waals surface area contributed by atoms with Gasteiger partial charge in [0, 0.05) is 24.6 Å². The van der Waals surface area contributed by atoms with E-state index in [1.807, 2.05) is 0 Å². The van der Waals surface area contributed by atoms with E-state index in [1.54, 1.807) is 18.2 Å². The SMILES string of the molecule is O=[N+]([O-])c1ccc(S(=O)(=O)Nc2ccc3c(c2)OCCCO3)cc1. The fourth-order valence-corrected chi connectivity index (χ4v) is 3.24. The Labute approximate surface area is 138 Å². The van der Waals surface area contributed by atoms with Gasteiger partial charge in [0.1, 0.15) is 0 Å². The van der Waals surface area contributed by atoms with Crippen molar-refractivity contribution in [2.75, 3.05) is 17.9 Å². The number of hydrogen-bond donors (Lipinski definition) is 1. The molecular weight excluding hydrogens is 336 g/mol. The highest BCUT2D eigenvalue weighted by Crippen LogP contribution is 2.33. The zero-order chi connectivity index (χ0) is 17.2. The Morgan fingerprint density at radius 1 is 1.00 bits per heavy atom. The molecule has 8 nitrogen and oxygen atoms in total. The maximum atomic E-state index is 12.4. The van der Waals surface area contributed by atoms with Crippen LogP contribution in [0.25, 0.3) is 0 Å². The minimum atomic E-state index is -3.86. The number of non-ortho nitro benzene ring substituents is 1.